The summed E-state index contributed by atoms with van der Waals surface area (Å²) in [5, 5.41) is 4.68. The van der Waals surface area contributed by atoms with Gasteiger partial charge in [-0.25, -0.2) is 4.98 Å². The highest BCUT2D eigenvalue weighted by molar-refractivity contribution is 5.84. The standard InChI is InChI=1S/C18H26N2O/c1-5-13(2)11-14(3)19-12-16-10-9-15-7-6-8-17(21-4)18(15)20-16/h6-10,13-14,19H,5,11-12H2,1-4H3. The van der Waals surface area contributed by atoms with Gasteiger partial charge in [-0.1, -0.05) is 38.5 Å². The Morgan fingerprint density at radius 3 is 2.71 bits per heavy atom. The monoisotopic (exact) mass is 286 g/mol. The lowest BCUT2D eigenvalue weighted by Crippen LogP contribution is -2.27. The van der Waals surface area contributed by atoms with Crippen molar-refractivity contribution in [2.75, 3.05) is 7.11 Å². The van der Waals surface area contributed by atoms with Crippen molar-refractivity contribution in [1.29, 1.82) is 0 Å². The van der Waals surface area contributed by atoms with E-state index in [1.54, 1.807) is 7.11 Å². The average molecular weight is 286 g/mol. The van der Waals surface area contributed by atoms with E-state index in [1.807, 2.05) is 12.1 Å². The molecule has 0 fully saturated rings. The second-order valence-corrected chi connectivity index (χ2v) is 5.87. The topological polar surface area (TPSA) is 34.1 Å². The predicted octanol–water partition coefficient (Wildman–Crippen LogP) is 4.16. The lowest BCUT2D eigenvalue weighted by molar-refractivity contribution is 0.410. The van der Waals surface area contributed by atoms with Gasteiger partial charge in [0, 0.05) is 18.0 Å². The number of benzene rings is 1. The number of rotatable bonds is 7. The number of ether oxygens (including phenoxy) is 1. The van der Waals surface area contributed by atoms with Gasteiger partial charge in [-0.2, -0.15) is 0 Å². The van der Waals surface area contributed by atoms with Crippen molar-refractivity contribution in [3.8, 4) is 5.75 Å². The molecule has 0 radical (unpaired) electrons. The lowest BCUT2D eigenvalue weighted by Gasteiger charge is -2.17. The summed E-state index contributed by atoms with van der Waals surface area (Å²) < 4.78 is 5.39. The summed E-state index contributed by atoms with van der Waals surface area (Å²) in [6.07, 6.45) is 2.44. The molecule has 0 aliphatic heterocycles. The van der Waals surface area contributed by atoms with Gasteiger partial charge >= 0.3 is 0 Å². The fourth-order valence-corrected chi connectivity index (χ4v) is 2.56. The molecule has 0 saturated heterocycles. The van der Waals surface area contributed by atoms with Crippen molar-refractivity contribution in [1.82, 2.24) is 10.3 Å². The van der Waals surface area contributed by atoms with Crippen LogP contribution in [0.5, 0.6) is 5.75 Å². The number of para-hydroxylation sites is 1. The molecule has 3 nitrogen and oxygen atoms in total. The maximum Gasteiger partial charge on any atom is 0.145 e. The summed E-state index contributed by atoms with van der Waals surface area (Å²) >= 11 is 0. The first kappa shape index (κ1) is 15.8. The van der Waals surface area contributed by atoms with E-state index in [1.165, 1.54) is 12.8 Å². The number of methoxy groups -OCH3 is 1. The quantitative estimate of drug-likeness (QED) is 0.830. The minimum Gasteiger partial charge on any atom is -0.494 e. The van der Waals surface area contributed by atoms with Crippen LogP contribution in [0.3, 0.4) is 0 Å². The van der Waals surface area contributed by atoms with E-state index in [0.717, 1.165) is 34.8 Å². The van der Waals surface area contributed by atoms with Gasteiger partial charge < -0.3 is 10.1 Å². The van der Waals surface area contributed by atoms with E-state index in [9.17, 15) is 0 Å². The van der Waals surface area contributed by atoms with Gasteiger partial charge in [0.1, 0.15) is 11.3 Å². The molecule has 114 valence electrons. The molecule has 1 aromatic carbocycles. The normalized spacial score (nSPS) is 14.1. The summed E-state index contributed by atoms with van der Waals surface area (Å²) in [6, 6.07) is 10.7. The van der Waals surface area contributed by atoms with Crippen LogP contribution in [0.25, 0.3) is 10.9 Å². The van der Waals surface area contributed by atoms with Crippen molar-refractivity contribution in [2.45, 2.75) is 46.2 Å². The first-order valence-corrected chi connectivity index (χ1v) is 7.80. The van der Waals surface area contributed by atoms with Crippen molar-refractivity contribution >= 4 is 10.9 Å². The van der Waals surface area contributed by atoms with Crippen LogP contribution in [0.15, 0.2) is 30.3 Å². The van der Waals surface area contributed by atoms with Crippen LogP contribution >= 0.6 is 0 Å². The molecule has 1 N–H and O–H groups in total. The highest BCUT2D eigenvalue weighted by atomic mass is 16.5. The third-order valence-electron chi connectivity index (χ3n) is 4.05. The zero-order chi connectivity index (χ0) is 15.2. The Bertz CT molecular complexity index is 582. The number of nitrogens with one attached hydrogen (secondary N) is 1. The third kappa shape index (κ3) is 4.18. The van der Waals surface area contributed by atoms with E-state index in [-0.39, 0.29) is 0 Å². The molecule has 0 saturated carbocycles. The fourth-order valence-electron chi connectivity index (χ4n) is 2.56. The van der Waals surface area contributed by atoms with Gasteiger partial charge in [0.05, 0.1) is 12.8 Å². The molecular weight excluding hydrogens is 260 g/mol. The van der Waals surface area contributed by atoms with Crippen molar-refractivity contribution in [3.63, 3.8) is 0 Å². The number of nitrogens with zero attached hydrogens (tertiary/aromatic N) is 1. The average Bonchev–Trinajstić information content (AvgIpc) is 2.51. The summed E-state index contributed by atoms with van der Waals surface area (Å²) in [5.74, 6) is 1.60. The molecule has 3 heteroatoms. The van der Waals surface area contributed by atoms with Crippen LogP contribution in [0, 0.1) is 5.92 Å². The second-order valence-electron chi connectivity index (χ2n) is 5.87. The van der Waals surface area contributed by atoms with Gasteiger partial charge in [-0.3, -0.25) is 0 Å². The van der Waals surface area contributed by atoms with Crippen LogP contribution in [0.1, 0.15) is 39.3 Å². The minimum atomic E-state index is 0.509. The molecule has 2 rings (SSSR count). The van der Waals surface area contributed by atoms with E-state index in [0.29, 0.717) is 6.04 Å². The number of hydrogen-bond acceptors (Lipinski definition) is 3. The number of aromatic nitrogens is 1. The SMILES string of the molecule is CCC(C)CC(C)NCc1ccc2cccc(OC)c2n1. The third-order valence-corrected chi connectivity index (χ3v) is 4.05. The van der Waals surface area contributed by atoms with Gasteiger partial charge in [-0.05, 0) is 31.4 Å². The molecule has 0 amide bonds. The summed E-state index contributed by atoms with van der Waals surface area (Å²) in [7, 11) is 1.69. The van der Waals surface area contributed by atoms with Crippen molar-refractivity contribution in [2.24, 2.45) is 5.92 Å². The maximum absolute atomic E-state index is 5.39. The van der Waals surface area contributed by atoms with Gasteiger partial charge in [-0.15, -0.1) is 0 Å². The van der Waals surface area contributed by atoms with E-state index in [4.69, 9.17) is 9.72 Å². The van der Waals surface area contributed by atoms with E-state index in [2.05, 4.69) is 44.3 Å². The molecule has 0 spiro atoms. The smallest absolute Gasteiger partial charge is 0.145 e. The molecule has 2 atom stereocenters. The van der Waals surface area contributed by atoms with E-state index >= 15 is 0 Å². The number of pyridine rings is 1. The maximum atomic E-state index is 5.39. The predicted molar refractivity (Wildman–Crippen MR) is 88.7 cm³/mol. The largest absolute Gasteiger partial charge is 0.494 e. The first-order chi connectivity index (χ1) is 10.1. The fraction of sp³-hybridized carbons (Fsp3) is 0.500. The molecular formula is C18H26N2O. The highest BCUT2D eigenvalue weighted by Gasteiger charge is 2.08. The van der Waals surface area contributed by atoms with Gasteiger partial charge in [0.25, 0.3) is 0 Å². The molecule has 0 aliphatic rings. The van der Waals surface area contributed by atoms with E-state index < -0.39 is 0 Å². The van der Waals surface area contributed by atoms with Crippen LogP contribution in [0.4, 0.5) is 0 Å². The van der Waals surface area contributed by atoms with Crippen LogP contribution < -0.4 is 10.1 Å². The Labute approximate surface area is 127 Å². The van der Waals surface area contributed by atoms with Gasteiger partial charge in [0.15, 0.2) is 0 Å². The Hall–Kier alpha value is -1.61. The van der Waals surface area contributed by atoms with Crippen molar-refractivity contribution in [3.05, 3.63) is 36.0 Å². The molecule has 0 bridgehead atoms. The second kappa shape index (κ2) is 7.41. The summed E-state index contributed by atoms with van der Waals surface area (Å²) in [6.45, 7) is 7.59. The first-order valence-electron chi connectivity index (χ1n) is 7.80. The number of hydrogen-bond donors (Lipinski definition) is 1. The van der Waals surface area contributed by atoms with Crippen molar-refractivity contribution < 1.29 is 4.74 Å². The van der Waals surface area contributed by atoms with Crippen LogP contribution in [0.2, 0.25) is 0 Å². The Morgan fingerprint density at radius 2 is 2.00 bits per heavy atom. The zero-order valence-electron chi connectivity index (χ0n) is 13.5. The molecule has 2 aromatic rings. The molecule has 0 aliphatic carbocycles. The number of fused-ring (bicyclic) bond motifs is 1. The Balaban J connectivity index is 2.05. The molecule has 1 aromatic heterocycles. The van der Waals surface area contributed by atoms with Crippen LogP contribution in [-0.2, 0) is 6.54 Å². The van der Waals surface area contributed by atoms with Gasteiger partial charge in [0.2, 0.25) is 0 Å². The lowest BCUT2D eigenvalue weighted by atomic mass is 10.0. The molecule has 2 unspecified atom stereocenters. The zero-order valence-corrected chi connectivity index (χ0v) is 13.5. The summed E-state index contributed by atoms with van der Waals surface area (Å²) in [4.78, 5) is 4.73. The minimum absolute atomic E-state index is 0.509. The summed E-state index contributed by atoms with van der Waals surface area (Å²) in [5.41, 5.74) is 2.00. The Morgan fingerprint density at radius 1 is 1.19 bits per heavy atom. The highest BCUT2D eigenvalue weighted by Crippen LogP contribution is 2.23. The van der Waals surface area contributed by atoms with Crippen LogP contribution in [-0.4, -0.2) is 18.1 Å². The Kier molecular flexibility index (Phi) is 5.57. The molecule has 1 heterocycles. The molecule has 21 heavy (non-hydrogen) atoms.